The van der Waals surface area contributed by atoms with Crippen LogP contribution in [0.3, 0.4) is 0 Å². The monoisotopic (exact) mass is 596 g/mol. The summed E-state index contributed by atoms with van der Waals surface area (Å²) in [5, 5.41) is 19.0. The van der Waals surface area contributed by atoms with Gasteiger partial charge in [-0.25, -0.2) is 0 Å². The maximum atomic E-state index is 13.4. The smallest absolute Gasteiger partial charge is 0.272 e. The van der Waals surface area contributed by atoms with E-state index in [1.165, 1.54) is 36.0 Å². The summed E-state index contributed by atoms with van der Waals surface area (Å²) in [5.41, 5.74) is 1.95. The number of nitro groups is 1. The molecule has 0 bridgehead atoms. The zero-order valence-electron chi connectivity index (χ0n) is 23.1. The molecule has 0 radical (unpaired) electrons. The molecule has 0 spiro atoms. The number of hydrogen-bond acceptors (Lipinski definition) is 7. The summed E-state index contributed by atoms with van der Waals surface area (Å²) >= 11 is 1.29. The molecule has 0 saturated carbocycles. The Morgan fingerprint density at radius 2 is 1.47 bits per heavy atom. The number of nitrogens with zero attached hydrogens (tertiary/aromatic N) is 1. The molecule has 4 aromatic rings. The first-order chi connectivity index (χ1) is 20.8. The third kappa shape index (κ3) is 9.03. The number of non-ortho nitro benzene ring substituents is 1. The number of hydrogen-bond donors (Lipinski definition) is 3. The zero-order chi connectivity index (χ0) is 30.6. The van der Waals surface area contributed by atoms with E-state index < -0.39 is 16.7 Å². The van der Waals surface area contributed by atoms with Crippen molar-refractivity contribution in [2.75, 3.05) is 23.0 Å². The molecule has 3 amide bonds. The van der Waals surface area contributed by atoms with Crippen LogP contribution in [-0.2, 0) is 9.59 Å². The molecule has 0 unspecified atom stereocenters. The molecule has 0 atom stereocenters. The minimum Gasteiger partial charge on any atom is -0.493 e. The summed E-state index contributed by atoms with van der Waals surface area (Å²) in [7, 11) is 0. The van der Waals surface area contributed by atoms with E-state index in [0.29, 0.717) is 34.9 Å². The van der Waals surface area contributed by atoms with E-state index in [1.807, 2.05) is 19.1 Å². The van der Waals surface area contributed by atoms with Gasteiger partial charge >= 0.3 is 0 Å². The topological polar surface area (TPSA) is 140 Å². The van der Waals surface area contributed by atoms with Crippen molar-refractivity contribution in [3.05, 3.63) is 130 Å². The fourth-order valence-electron chi connectivity index (χ4n) is 3.83. The Morgan fingerprint density at radius 3 is 2.14 bits per heavy atom. The molecule has 0 aliphatic carbocycles. The lowest BCUT2D eigenvalue weighted by molar-refractivity contribution is -0.384. The van der Waals surface area contributed by atoms with Gasteiger partial charge in [0.25, 0.3) is 17.5 Å². The molecule has 43 heavy (non-hydrogen) atoms. The molecule has 0 heterocycles. The molecule has 0 fully saturated rings. The molecule has 0 aliphatic heterocycles. The number of amides is 3. The second-order valence-corrected chi connectivity index (χ2v) is 10.0. The summed E-state index contributed by atoms with van der Waals surface area (Å²) in [4.78, 5) is 49.7. The van der Waals surface area contributed by atoms with Crippen molar-refractivity contribution in [2.45, 2.75) is 11.8 Å². The highest BCUT2D eigenvalue weighted by Gasteiger charge is 2.16. The zero-order valence-corrected chi connectivity index (χ0v) is 23.9. The van der Waals surface area contributed by atoms with Crippen molar-refractivity contribution in [3.63, 3.8) is 0 Å². The first-order valence-electron chi connectivity index (χ1n) is 13.2. The lowest BCUT2D eigenvalue weighted by atomic mass is 10.1. The maximum Gasteiger partial charge on any atom is 0.272 e. The molecule has 0 aromatic heterocycles. The van der Waals surface area contributed by atoms with E-state index in [4.69, 9.17) is 4.74 Å². The van der Waals surface area contributed by atoms with E-state index in [9.17, 15) is 24.5 Å². The number of ether oxygens (including phenoxy) is 1. The van der Waals surface area contributed by atoms with Crippen LogP contribution < -0.4 is 20.7 Å². The van der Waals surface area contributed by atoms with E-state index in [0.717, 1.165) is 4.90 Å². The standard InChI is InChI=1S/C32H28N4O6S/c1-2-42-29-11-7-6-10-23(29)20-28(35-31(38)22-8-4-3-5-9-22)32(39)34-25-14-18-27(19-15-25)43-21-30(37)33-24-12-16-26(17-13-24)36(40)41/h3-20H,2,21H2,1H3,(H,33,37)(H,34,39)(H,35,38)/b28-20-. The first kappa shape index (κ1) is 30.5. The van der Waals surface area contributed by atoms with Crippen molar-refractivity contribution in [2.24, 2.45) is 0 Å². The third-order valence-corrected chi connectivity index (χ3v) is 6.90. The van der Waals surface area contributed by atoms with Gasteiger partial charge in [0.1, 0.15) is 11.4 Å². The molecule has 218 valence electrons. The van der Waals surface area contributed by atoms with Crippen LogP contribution in [0.25, 0.3) is 6.08 Å². The minimum absolute atomic E-state index is 0.0300. The van der Waals surface area contributed by atoms with Crippen LogP contribution in [0.15, 0.2) is 114 Å². The van der Waals surface area contributed by atoms with Gasteiger partial charge < -0.3 is 20.7 Å². The van der Waals surface area contributed by atoms with Crippen LogP contribution in [0.5, 0.6) is 5.75 Å². The van der Waals surface area contributed by atoms with Crippen LogP contribution in [0.2, 0.25) is 0 Å². The predicted molar refractivity (Wildman–Crippen MR) is 167 cm³/mol. The highest BCUT2D eigenvalue weighted by atomic mass is 32.2. The fraction of sp³-hybridized carbons (Fsp3) is 0.0938. The molecule has 3 N–H and O–H groups in total. The molecular formula is C32H28N4O6S. The Labute approximate surface area is 252 Å². The SMILES string of the molecule is CCOc1ccccc1/C=C(\NC(=O)c1ccccc1)C(=O)Nc1ccc(SCC(=O)Nc2ccc([N+](=O)[O-])cc2)cc1. The Kier molecular flexibility index (Phi) is 10.6. The van der Waals surface area contributed by atoms with Crippen molar-refractivity contribution in [1.29, 1.82) is 0 Å². The molecular weight excluding hydrogens is 568 g/mol. The minimum atomic E-state index is -0.529. The van der Waals surface area contributed by atoms with Gasteiger partial charge in [-0.05, 0) is 67.6 Å². The summed E-state index contributed by atoms with van der Waals surface area (Å²) in [6, 6.07) is 28.3. The largest absolute Gasteiger partial charge is 0.493 e. The van der Waals surface area contributed by atoms with Gasteiger partial charge in [0.05, 0.1) is 17.3 Å². The first-order valence-corrected chi connectivity index (χ1v) is 14.2. The second-order valence-electron chi connectivity index (χ2n) is 8.97. The van der Waals surface area contributed by atoms with Crippen LogP contribution in [0.1, 0.15) is 22.8 Å². The van der Waals surface area contributed by atoms with Crippen molar-refractivity contribution >= 4 is 52.6 Å². The number of para-hydroxylation sites is 1. The van der Waals surface area contributed by atoms with Crippen LogP contribution >= 0.6 is 11.8 Å². The Hall–Kier alpha value is -5.42. The van der Waals surface area contributed by atoms with Crippen LogP contribution in [-0.4, -0.2) is 35.0 Å². The van der Waals surface area contributed by atoms with Crippen molar-refractivity contribution in [1.82, 2.24) is 5.32 Å². The number of thioether (sulfide) groups is 1. The van der Waals surface area contributed by atoms with Gasteiger partial charge in [-0.15, -0.1) is 11.8 Å². The summed E-state index contributed by atoms with van der Waals surface area (Å²) in [5.74, 6) is -0.552. The number of benzene rings is 4. The number of carbonyl (C=O) groups excluding carboxylic acids is 3. The Morgan fingerprint density at radius 1 is 0.837 bits per heavy atom. The van der Waals surface area contributed by atoms with Gasteiger partial charge in [0, 0.05) is 39.5 Å². The fourth-order valence-corrected chi connectivity index (χ4v) is 4.53. The predicted octanol–water partition coefficient (Wildman–Crippen LogP) is 6.13. The number of nitro benzene ring substituents is 1. The number of nitrogens with one attached hydrogen (secondary N) is 3. The van der Waals surface area contributed by atoms with Crippen molar-refractivity contribution in [3.8, 4) is 5.75 Å². The van der Waals surface area contributed by atoms with Gasteiger partial charge in [-0.3, -0.25) is 24.5 Å². The van der Waals surface area contributed by atoms with Gasteiger partial charge in [-0.1, -0.05) is 36.4 Å². The van der Waals surface area contributed by atoms with Crippen LogP contribution in [0.4, 0.5) is 17.1 Å². The molecule has 10 nitrogen and oxygen atoms in total. The summed E-state index contributed by atoms with van der Waals surface area (Å²) < 4.78 is 5.68. The molecule has 0 saturated heterocycles. The van der Waals surface area contributed by atoms with Crippen molar-refractivity contribution < 1.29 is 24.0 Å². The molecule has 0 aliphatic rings. The lowest BCUT2D eigenvalue weighted by Gasteiger charge is -2.13. The Bertz CT molecular complexity index is 1620. The van der Waals surface area contributed by atoms with E-state index in [2.05, 4.69) is 16.0 Å². The number of anilines is 2. The maximum absolute atomic E-state index is 13.4. The van der Waals surface area contributed by atoms with Gasteiger partial charge in [0.15, 0.2) is 0 Å². The third-order valence-electron chi connectivity index (χ3n) is 5.89. The average Bonchev–Trinajstić information content (AvgIpc) is 3.02. The van der Waals surface area contributed by atoms with E-state index in [1.54, 1.807) is 72.8 Å². The molecule has 11 heteroatoms. The quantitative estimate of drug-likeness (QED) is 0.0773. The van der Waals surface area contributed by atoms with E-state index in [-0.39, 0.29) is 23.0 Å². The van der Waals surface area contributed by atoms with Gasteiger partial charge in [-0.2, -0.15) is 0 Å². The van der Waals surface area contributed by atoms with Crippen LogP contribution in [0, 0.1) is 10.1 Å². The highest BCUT2D eigenvalue weighted by molar-refractivity contribution is 8.00. The normalized spacial score (nSPS) is 10.9. The summed E-state index contributed by atoms with van der Waals surface area (Å²) in [6.45, 7) is 2.30. The molecule has 4 rings (SSSR count). The average molecular weight is 597 g/mol. The Balaban J connectivity index is 1.41. The molecule has 4 aromatic carbocycles. The highest BCUT2D eigenvalue weighted by Crippen LogP contribution is 2.23. The van der Waals surface area contributed by atoms with Gasteiger partial charge in [0.2, 0.25) is 5.91 Å². The number of rotatable bonds is 12. The van der Waals surface area contributed by atoms with E-state index >= 15 is 0 Å². The second kappa shape index (κ2) is 15.0. The lowest BCUT2D eigenvalue weighted by Crippen LogP contribution is -2.30. The number of carbonyl (C=O) groups is 3. The summed E-state index contributed by atoms with van der Waals surface area (Å²) in [6.07, 6.45) is 1.56.